The molecule has 46 heavy (non-hydrogen) atoms. The summed E-state index contributed by atoms with van der Waals surface area (Å²) in [5.74, 6) is -1.04. The van der Waals surface area contributed by atoms with Crippen molar-refractivity contribution in [3.05, 3.63) is 54.1 Å². The Labute approximate surface area is 284 Å². The monoisotopic (exact) mass is 706 g/mol. The lowest BCUT2D eigenvalue weighted by atomic mass is 9.96. The SMILES string of the molecule is Br.CC(C)(CNC(=O)COc1ccccc1)NCC(OC(=O)C(C)(C)C)c1ccc(OC(=O)C(C)(C)C)c(OC(=O)C(C)(C)C)c1. The van der Waals surface area contributed by atoms with Gasteiger partial charge in [-0.2, -0.15) is 0 Å². The minimum absolute atomic E-state index is 0. The second-order valence-corrected chi connectivity index (χ2v) is 14.8. The molecule has 2 aromatic rings. The minimum atomic E-state index is -0.832. The van der Waals surface area contributed by atoms with Crippen LogP contribution in [-0.4, -0.2) is 49.1 Å². The van der Waals surface area contributed by atoms with Crippen molar-refractivity contribution in [2.75, 3.05) is 19.7 Å². The van der Waals surface area contributed by atoms with Crippen molar-refractivity contribution < 1.29 is 38.1 Å². The molecule has 2 N–H and O–H groups in total. The number of carbonyl (C=O) groups excluding carboxylic acids is 4. The number of hydrogen-bond acceptors (Lipinski definition) is 9. The van der Waals surface area contributed by atoms with Crippen molar-refractivity contribution in [1.82, 2.24) is 10.6 Å². The zero-order valence-corrected chi connectivity index (χ0v) is 30.7. The van der Waals surface area contributed by atoms with Crippen LogP contribution in [0.1, 0.15) is 87.8 Å². The number of carbonyl (C=O) groups is 4. The topological polar surface area (TPSA) is 129 Å². The summed E-state index contributed by atoms with van der Waals surface area (Å²) in [6, 6.07) is 13.8. The molecular weight excluding hydrogens is 656 g/mol. The van der Waals surface area contributed by atoms with Gasteiger partial charge in [0.1, 0.15) is 11.9 Å². The number of rotatable bonds is 12. The molecule has 11 heteroatoms. The molecule has 0 radical (unpaired) electrons. The first-order valence-electron chi connectivity index (χ1n) is 15.1. The zero-order valence-electron chi connectivity index (χ0n) is 29.0. The third-order valence-electron chi connectivity index (χ3n) is 6.44. The first-order valence-corrected chi connectivity index (χ1v) is 15.1. The Morgan fingerprint density at radius 1 is 0.696 bits per heavy atom. The molecule has 0 aliphatic heterocycles. The van der Waals surface area contributed by atoms with Gasteiger partial charge in [-0.1, -0.05) is 24.3 Å². The second kappa shape index (κ2) is 16.4. The third-order valence-corrected chi connectivity index (χ3v) is 6.44. The molecule has 0 spiro atoms. The fourth-order valence-electron chi connectivity index (χ4n) is 3.40. The van der Waals surface area contributed by atoms with Gasteiger partial charge in [-0.05, 0) is 106 Å². The molecule has 0 aliphatic rings. The van der Waals surface area contributed by atoms with Crippen molar-refractivity contribution in [2.45, 2.75) is 87.8 Å². The van der Waals surface area contributed by atoms with Crippen molar-refractivity contribution >= 4 is 40.8 Å². The summed E-state index contributed by atoms with van der Waals surface area (Å²) in [6.07, 6.45) is -0.812. The van der Waals surface area contributed by atoms with E-state index in [4.69, 9.17) is 18.9 Å². The fourth-order valence-corrected chi connectivity index (χ4v) is 3.40. The molecule has 10 nitrogen and oxygen atoms in total. The molecule has 0 saturated heterocycles. The second-order valence-electron chi connectivity index (χ2n) is 14.8. The standard InChI is InChI=1S/C35H50N2O8.BrH/c1-32(2,3)29(39)43-25-18-17-23(19-26(25)44-30(40)33(4,5)6)27(45-31(41)34(7,8)9)20-37-35(10,11)22-36-28(38)21-42-24-15-13-12-14-16-24;/h12-19,27,37H,20-22H2,1-11H3,(H,36,38);1H. The van der Waals surface area contributed by atoms with Gasteiger partial charge in [-0.25, -0.2) is 0 Å². The van der Waals surface area contributed by atoms with Crippen LogP contribution in [0, 0.1) is 16.2 Å². The summed E-state index contributed by atoms with van der Waals surface area (Å²) in [4.78, 5) is 51.0. The lowest BCUT2D eigenvalue weighted by Gasteiger charge is -2.31. The highest BCUT2D eigenvalue weighted by atomic mass is 79.9. The number of benzene rings is 2. The molecule has 0 aromatic heterocycles. The highest BCUT2D eigenvalue weighted by Gasteiger charge is 2.32. The molecule has 1 amide bonds. The van der Waals surface area contributed by atoms with Gasteiger partial charge in [0, 0.05) is 18.6 Å². The molecular formula is C35H51BrN2O8. The average molecular weight is 708 g/mol. The first-order chi connectivity index (χ1) is 20.6. The van der Waals surface area contributed by atoms with E-state index in [2.05, 4.69) is 10.6 Å². The molecule has 0 saturated carbocycles. The van der Waals surface area contributed by atoms with Crippen molar-refractivity contribution in [2.24, 2.45) is 16.2 Å². The number of amides is 1. The molecule has 1 atom stereocenters. The normalized spacial score (nSPS) is 12.7. The van der Waals surface area contributed by atoms with E-state index >= 15 is 0 Å². The van der Waals surface area contributed by atoms with Gasteiger partial charge < -0.3 is 29.6 Å². The number of esters is 3. The summed E-state index contributed by atoms with van der Waals surface area (Å²) < 4.78 is 22.8. The zero-order chi connectivity index (χ0) is 34.2. The largest absolute Gasteiger partial charge is 0.484 e. The lowest BCUT2D eigenvalue weighted by Crippen LogP contribution is -2.51. The third kappa shape index (κ3) is 13.5. The van der Waals surface area contributed by atoms with Gasteiger partial charge in [0.2, 0.25) is 0 Å². The van der Waals surface area contributed by atoms with E-state index in [1.807, 2.05) is 32.0 Å². The van der Waals surface area contributed by atoms with E-state index in [1.54, 1.807) is 86.6 Å². The number of halogens is 1. The Kier molecular flexibility index (Phi) is 14.5. The van der Waals surface area contributed by atoms with Gasteiger partial charge in [-0.15, -0.1) is 17.0 Å². The highest BCUT2D eigenvalue weighted by Crippen LogP contribution is 2.35. The van der Waals surface area contributed by atoms with Crippen molar-refractivity contribution in [1.29, 1.82) is 0 Å². The molecule has 0 fully saturated rings. The van der Waals surface area contributed by atoms with Crippen LogP contribution in [0.4, 0.5) is 0 Å². The van der Waals surface area contributed by atoms with E-state index in [0.717, 1.165) is 0 Å². The number of nitrogens with one attached hydrogen (secondary N) is 2. The summed E-state index contributed by atoms with van der Waals surface area (Å²) in [6.45, 7) is 19.7. The number of ether oxygens (including phenoxy) is 4. The van der Waals surface area contributed by atoms with Gasteiger partial charge in [-0.3, -0.25) is 19.2 Å². The molecule has 2 rings (SSSR count). The number of para-hydroxylation sites is 1. The molecule has 0 heterocycles. The van der Waals surface area contributed by atoms with Crippen LogP contribution in [-0.2, 0) is 23.9 Å². The quantitative estimate of drug-likeness (QED) is 0.191. The maximum absolute atomic E-state index is 13.0. The fraction of sp³-hybridized carbons (Fsp3) is 0.543. The average Bonchev–Trinajstić information content (AvgIpc) is 2.92. The molecule has 2 aromatic carbocycles. The van der Waals surface area contributed by atoms with Crippen LogP contribution < -0.4 is 24.8 Å². The summed E-state index contributed by atoms with van der Waals surface area (Å²) in [7, 11) is 0. The predicted molar refractivity (Wildman–Crippen MR) is 182 cm³/mol. The van der Waals surface area contributed by atoms with E-state index in [9.17, 15) is 19.2 Å². The van der Waals surface area contributed by atoms with Gasteiger partial charge >= 0.3 is 17.9 Å². The van der Waals surface area contributed by atoms with Crippen LogP contribution in [0.2, 0.25) is 0 Å². The minimum Gasteiger partial charge on any atom is -0.484 e. The van der Waals surface area contributed by atoms with Crippen LogP contribution >= 0.6 is 17.0 Å². The Hall–Kier alpha value is -3.44. The van der Waals surface area contributed by atoms with E-state index in [1.165, 1.54) is 6.07 Å². The molecule has 0 bridgehead atoms. The Morgan fingerprint density at radius 3 is 1.74 bits per heavy atom. The van der Waals surface area contributed by atoms with Crippen LogP contribution in [0.3, 0.4) is 0 Å². The first kappa shape index (κ1) is 40.6. The maximum atomic E-state index is 13.0. The molecule has 0 aliphatic carbocycles. The Balaban J connectivity index is 0.0000106. The summed E-state index contributed by atoms with van der Waals surface area (Å²) in [5.41, 5.74) is -2.51. The van der Waals surface area contributed by atoms with Crippen LogP contribution in [0.15, 0.2) is 48.5 Å². The van der Waals surface area contributed by atoms with E-state index in [-0.39, 0.29) is 54.1 Å². The Morgan fingerprint density at radius 2 is 1.22 bits per heavy atom. The highest BCUT2D eigenvalue weighted by molar-refractivity contribution is 8.93. The summed E-state index contributed by atoms with van der Waals surface area (Å²) in [5, 5.41) is 6.23. The molecule has 256 valence electrons. The Bertz CT molecular complexity index is 1340. The van der Waals surface area contributed by atoms with Gasteiger partial charge in [0.05, 0.1) is 16.2 Å². The smallest absolute Gasteiger partial charge is 0.316 e. The number of hydrogen-bond donors (Lipinski definition) is 2. The van der Waals surface area contributed by atoms with Crippen LogP contribution in [0.25, 0.3) is 0 Å². The maximum Gasteiger partial charge on any atom is 0.316 e. The van der Waals surface area contributed by atoms with E-state index in [0.29, 0.717) is 11.3 Å². The predicted octanol–water partition coefficient (Wildman–Crippen LogP) is 6.36. The molecule has 1 unspecified atom stereocenters. The summed E-state index contributed by atoms with van der Waals surface area (Å²) >= 11 is 0. The van der Waals surface area contributed by atoms with Crippen LogP contribution in [0.5, 0.6) is 17.2 Å². The van der Waals surface area contributed by atoms with Crippen molar-refractivity contribution in [3.8, 4) is 17.2 Å². The lowest BCUT2D eigenvalue weighted by molar-refractivity contribution is -0.159. The van der Waals surface area contributed by atoms with Gasteiger partial charge in [0.25, 0.3) is 5.91 Å². The van der Waals surface area contributed by atoms with Gasteiger partial charge in [0.15, 0.2) is 18.1 Å². The van der Waals surface area contributed by atoms with Crippen molar-refractivity contribution in [3.63, 3.8) is 0 Å². The van der Waals surface area contributed by atoms with E-state index < -0.39 is 45.8 Å².